The molecule has 0 atom stereocenters. The second kappa shape index (κ2) is 8.49. The molecule has 160 valence electrons. The van der Waals surface area contributed by atoms with Crippen molar-refractivity contribution in [3.05, 3.63) is 82.9 Å². The Morgan fingerprint density at radius 1 is 0.903 bits per heavy atom. The van der Waals surface area contributed by atoms with E-state index in [-0.39, 0.29) is 27.4 Å². The second-order valence-electron chi connectivity index (χ2n) is 6.94. The van der Waals surface area contributed by atoms with Crippen LogP contribution in [0.4, 0.5) is 11.4 Å². The number of aromatic hydroxyl groups is 1. The Bertz CT molecular complexity index is 1270. The molecule has 0 saturated heterocycles. The highest BCUT2D eigenvalue weighted by atomic mass is 32.2. The molecule has 0 aliphatic carbocycles. The third-order valence-electron chi connectivity index (χ3n) is 4.56. The number of carboxylic acids is 1. The van der Waals surface area contributed by atoms with Crippen LogP contribution in [0.1, 0.15) is 31.8 Å². The molecule has 8 nitrogen and oxygen atoms in total. The quantitative estimate of drug-likeness (QED) is 0.432. The lowest BCUT2D eigenvalue weighted by Gasteiger charge is -2.13. The standard InChI is InChI=1S/C22H20N2O6S/c1-13-3-8-17(9-4-13)31(29,30)24-19-11-15(6-5-14(19)2)21(26)23-16-7-10-20(25)18(12-16)22(27)28/h3-12,24-25H,1-2H3,(H,23,26)(H,27,28). The number of nitrogens with one attached hydrogen (secondary N) is 2. The molecule has 0 saturated carbocycles. The van der Waals surface area contributed by atoms with Gasteiger partial charge in [-0.3, -0.25) is 9.52 Å². The van der Waals surface area contributed by atoms with Crippen molar-refractivity contribution in [1.29, 1.82) is 0 Å². The van der Waals surface area contributed by atoms with Crippen LogP contribution in [0.2, 0.25) is 0 Å². The number of hydrogen-bond donors (Lipinski definition) is 4. The SMILES string of the molecule is Cc1ccc(S(=O)(=O)Nc2cc(C(=O)Nc3ccc(O)c(C(=O)O)c3)ccc2C)cc1. The number of amides is 1. The fourth-order valence-corrected chi connectivity index (χ4v) is 3.90. The lowest BCUT2D eigenvalue weighted by atomic mass is 10.1. The van der Waals surface area contributed by atoms with Gasteiger partial charge in [0.1, 0.15) is 11.3 Å². The molecular formula is C22H20N2O6S. The van der Waals surface area contributed by atoms with Gasteiger partial charge in [-0.2, -0.15) is 0 Å². The molecule has 4 N–H and O–H groups in total. The predicted molar refractivity (Wildman–Crippen MR) is 116 cm³/mol. The van der Waals surface area contributed by atoms with Gasteiger partial charge >= 0.3 is 5.97 Å². The van der Waals surface area contributed by atoms with E-state index in [9.17, 15) is 23.1 Å². The Kier molecular flexibility index (Phi) is 5.98. The monoisotopic (exact) mass is 440 g/mol. The number of carbonyl (C=O) groups excluding carboxylic acids is 1. The zero-order chi connectivity index (χ0) is 22.8. The molecule has 0 fully saturated rings. The van der Waals surface area contributed by atoms with Crippen LogP contribution < -0.4 is 10.0 Å². The van der Waals surface area contributed by atoms with Crippen LogP contribution in [0.5, 0.6) is 5.75 Å². The summed E-state index contributed by atoms with van der Waals surface area (Å²) in [6, 6.07) is 14.5. The summed E-state index contributed by atoms with van der Waals surface area (Å²) in [6.45, 7) is 3.55. The summed E-state index contributed by atoms with van der Waals surface area (Å²) in [4.78, 5) is 23.9. The Labute approximate surface area is 179 Å². The lowest BCUT2D eigenvalue weighted by Crippen LogP contribution is -2.16. The smallest absolute Gasteiger partial charge is 0.339 e. The van der Waals surface area contributed by atoms with E-state index in [1.165, 1.54) is 30.3 Å². The Morgan fingerprint density at radius 3 is 2.23 bits per heavy atom. The minimum Gasteiger partial charge on any atom is -0.507 e. The summed E-state index contributed by atoms with van der Waals surface area (Å²) in [6.07, 6.45) is 0. The minimum absolute atomic E-state index is 0.0950. The van der Waals surface area contributed by atoms with E-state index >= 15 is 0 Å². The molecule has 0 aliphatic heterocycles. The Morgan fingerprint density at radius 2 is 1.58 bits per heavy atom. The molecular weight excluding hydrogens is 420 g/mol. The van der Waals surface area contributed by atoms with E-state index in [1.807, 2.05) is 6.92 Å². The van der Waals surface area contributed by atoms with Crippen molar-refractivity contribution in [2.45, 2.75) is 18.7 Å². The van der Waals surface area contributed by atoms with Crippen LogP contribution in [0.15, 0.2) is 65.6 Å². The summed E-state index contributed by atoms with van der Waals surface area (Å²) >= 11 is 0. The average Bonchev–Trinajstić information content (AvgIpc) is 2.71. The van der Waals surface area contributed by atoms with E-state index < -0.39 is 27.6 Å². The molecule has 31 heavy (non-hydrogen) atoms. The molecule has 1 amide bonds. The van der Waals surface area contributed by atoms with Crippen LogP contribution in [0.25, 0.3) is 0 Å². The average molecular weight is 440 g/mol. The van der Waals surface area contributed by atoms with Crippen molar-refractivity contribution < 1.29 is 28.2 Å². The number of anilines is 2. The molecule has 0 spiro atoms. The Balaban J connectivity index is 1.85. The molecule has 9 heteroatoms. The molecule has 0 aliphatic rings. The summed E-state index contributed by atoms with van der Waals surface area (Å²) in [5.41, 5.74) is 1.76. The van der Waals surface area contributed by atoms with Gasteiger partial charge in [0.15, 0.2) is 0 Å². The zero-order valence-electron chi connectivity index (χ0n) is 16.7. The van der Waals surface area contributed by atoms with Crippen molar-refractivity contribution in [3.8, 4) is 5.75 Å². The molecule has 0 heterocycles. The first-order valence-corrected chi connectivity index (χ1v) is 10.6. The van der Waals surface area contributed by atoms with Gasteiger partial charge in [-0.1, -0.05) is 23.8 Å². The maximum absolute atomic E-state index is 12.7. The highest BCUT2D eigenvalue weighted by Gasteiger charge is 2.17. The van der Waals surface area contributed by atoms with E-state index in [0.717, 1.165) is 17.7 Å². The van der Waals surface area contributed by atoms with E-state index in [1.54, 1.807) is 25.1 Å². The van der Waals surface area contributed by atoms with Crippen LogP contribution in [-0.4, -0.2) is 30.5 Å². The van der Waals surface area contributed by atoms with E-state index in [4.69, 9.17) is 5.11 Å². The third kappa shape index (κ3) is 5.01. The van der Waals surface area contributed by atoms with Crippen molar-refractivity contribution in [2.24, 2.45) is 0 Å². The molecule has 0 radical (unpaired) electrons. The highest BCUT2D eigenvalue weighted by molar-refractivity contribution is 7.92. The molecule has 3 aromatic carbocycles. The highest BCUT2D eigenvalue weighted by Crippen LogP contribution is 2.24. The van der Waals surface area contributed by atoms with Crippen LogP contribution in [0, 0.1) is 13.8 Å². The van der Waals surface area contributed by atoms with Crippen LogP contribution in [-0.2, 0) is 10.0 Å². The number of phenols is 1. The minimum atomic E-state index is -3.85. The number of benzene rings is 3. The van der Waals surface area contributed by atoms with Gasteiger partial charge in [0.2, 0.25) is 0 Å². The second-order valence-corrected chi connectivity index (χ2v) is 8.62. The van der Waals surface area contributed by atoms with Gasteiger partial charge < -0.3 is 15.5 Å². The number of aromatic carboxylic acids is 1. The number of hydrogen-bond acceptors (Lipinski definition) is 5. The molecule has 0 bridgehead atoms. The normalized spacial score (nSPS) is 11.0. The summed E-state index contributed by atoms with van der Waals surface area (Å²) < 4.78 is 27.9. The topological polar surface area (TPSA) is 133 Å². The summed E-state index contributed by atoms with van der Waals surface area (Å²) in [5, 5.41) is 21.2. The largest absolute Gasteiger partial charge is 0.507 e. The van der Waals surface area contributed by atoms with Gasteiger partial charge in [-0.15, -0.1) is 0 Å². The fourth-order valence-electron chi connectivity index (χ4n) is 2.78. The van der Waals surface area contributed by atoms with Crippen molar-refractivity contribution in [2.75, 3.05) is 10.0 Å². The fraction of sp³-hybridized carbons (Fsp3) is 0.0909. The maximum atomic E-state index is 12.7. The molecule has 3 aromatic rings. The van der Waals surface area contributed by atoms with E-state index in [0.29, 0.717) is 5.56 Å². The lowest BCUT2D eigenvalue weighted by molar-refractivity contribution is 0.0693. The first-order chi connectivity index (χ1) is 14.6. The van der Waals surface area contributed by atoms with Crippen LogP contribution in [0.3, 0.4) is 0 Å². The predicted octanol–water partition coefficient (Wildman–Crippen LogP) is 3.76. The van der Waals surface area contributed by atoms with Crippen LogP contribution >= 0.6 is 0 Å². The Hall–Kier alpha value is -3.85. The number of carboxylic acid groups (broad SMARTS) is 1. The number of rotatable bonds is 6. The van der Waals surface area contributed by atoms with Gasteiger partial charge in [0.05, 0.1) is 10.6 Å². The summed E-state index contributed by atoms with van der Waals surface area (Å²) in [7, 11) is -3.85. The molecule has 3 rings (SSSR count). The molecule has 0 aromatic heterocycles. The first-order valence-electron chi connectivity index (χ1n) is 9.14. The van der Waals surface area contributed by atoms with E-state index in [2.05, 4.69) is 10.0 Å². The third-order valence-corrected chi connectivity index (χ3v) is 5.94. The summed E-state index contributed by atoms with van der Waals surface area (Å²) in [5.74, 6) is -2.33. The maximum Gasteiger partial charge on any atom is 0.339 e. The van der Waals surface area contributed by atoms with Crippen molar-refractivity contribution in [3.63, 3.8) is 0 Å². The molecule has 0 unspecified atom stereocenters. The van der Waals surface area contributed by atoms with Crippen molar-refractivity contribution in [1.82, 2.24) is 0 Å². The zero-order valence-corrected chi connectivity index (χ0v) is 17.5. The van der Waals surface area contributed by atoms with Gasteiger partial charge in [-0.05, 0) is 61.9 Å². The number of sulfonamides is 1. The first kappa shape index (κ1) is 21.8. The van der Waals surface area contributed by atoms with Gasteiger partial charge in [0.25, 0.3) is 15.9 Å². The van der Waals surface area contributed by atoms with Gasteiger partial charge in [-0.25, -0.2) is 13.2 Å². The van der Waals surface area contributed by atoms with Gasteiger partial charge in [0, 0.05) is 11.3 Å². The number of aryl methyl sites for hydroxylation is 2. The van der Waals surface area contributed by atoms with Crippen molar-refractivity contribution >= 4 is 33.3 Å². The number of carbonyl (C=O) groups is 2.